The summed E-state index contributed by atoms with van der Waals surface area (Å²) in [6.07, 6.45) is 0. The molecule has 3 heteroatoms. The summed E-state index contributed by atoms with van der Waals surface area (Å²) in [4.78, 5) is 0. The zero-order valence-corrected chi connectivity index (χ0v) is 8.76. The number of rotatable bonds is 1. The lowest BCUT2D eigenvalue weighted by Gasteiger charge is -2.00. The van der Waals surface area contributed by atoms with E-state index in [-0.39, 0.29) is 6.61 Å². The third-order valence-electron chi connectivity index (χ3n) is 1.48. The predicted octanol–water partition coefficient (Wildman–Crippen LogP) is 1.80. The first-order chi connectivity index (χ1) is 6.27. The van der Waals surface area contributed by atoms with E-state index in [9.17, 15) is 0 Å². The van der Waals surface area contributed by atoms with Gasteiger partial charge in [-0.05, 0) is 34.1 Å². The molecule has 0 atom stereocenters. The molecule has 13 heavy (non-hydrogen) atoms. The highest BCUT2D eigenvalue weighted by atomic mass is 79.9. The van der Waals surface area contributed by atoms with Crippen LogP contribution in [-0.4, -0.2) is 18.8 Å². The van der Waals surface area contributed by atoms with Crippen LogP contribution in [0.5, 0.6) is 5.75 Å². The van der Waals surface area contributed by atoms with Crippen molar-refractivity contribution in [3.8, 4) is 17.6 Å². The molecule has 0 fully saturated rings. The molecule has 0 spiro atoms. The quantitative estimate of drug-likeness (QED) is 0.759. The Morgan fingerprint density at radius 1 is 1.54 bits per heavy atom. The van der Waals surface area contributed by atoms with Gasteiger partial charge in [0, 0.05) is 10.0 Å². The molecule has 0 aromatic heterocycles. The maximum absolute atomic E-state index is 8.51. The van der Waals surface area contributed by atoms with Crippen molar-refractivity contribution >= 4 is 15.9 Å². The average Bonchev–Trinajstić information content (AvgIpc) is 2.16. The summed E-state index contributed by atoms with van der Waals surface area (Å²) < 4.78 is 5.90. The number of aliphatic hydroxyl groups is 1. The summed E-state index contributed by atoms with van der Waals surface area (Å²) in [5.41, 5.74) is 0.842. The Morgan fingerprint density at radius 3 is 2.85 bits per heavy atom. The first-order valence-electron chi connectivity index (χ1n) is 3.71. The second kappa shape index (κ2) is 4.90. The molecule has 1 N–H and O–H groups in total. The number of benzene rings is 1. The second-order valence-corrected chi connectivity index (χ2v) is 3.16. The highest BCUT2D eigenvalue weighted by molar-refractivity contribution is 9.10. The van der Waals surface area contributed by atoms with Gasteiger partial charge in [-0.25, -0.2) is 0 Å². The van der Waals surface area contributed by atoms with Gasteiger partial charge < -0.3 is 9.84 Å². The van der Waals surface area contributed by atoms with Gasteiger partial charge in [0.15, 0.2) is 0 Å². The third kappa shape index (κ3) is 2.76. The van der Waals surface area contributed by atoms with Crippen LogP contribution in [0.3, 0.4) is 0 Å². The van der Waals surface area contributed by atoms with Crippen molar-refractivity contribution < 1.29 is 9.84 Å². The van der Waals surface area contributed by atoms with E-state index < -0.39 is 0 Å². The Labute approximate surface area is 85.7 Å². The minimum atomic E-state index is -0.127. The van der Waals surface area contributed by atoms with Crippen molar-refractivity contribution in [2.45, 2.75) is 0 Å². The lowest BCUT2D eigenvalue weighted by molar-refractivity contribution is 0.350. The van der Waals surface area contributed by atoms with Crippen molar-refractivity contribution in [3.63, 3.8) is 0 Å². The van der Waals surface area contributed by atoms with Gasteiger partial charge in [-0.1, -0.05) is 11.8 Å². The number of ether oxygens (including phenoxy) is 1. The first kappa shape index (κ1) is 10.1. The van der Waals surface area contributed by atoms with E-state index in [1.54, 1.807) is 7.11 Å². The third-order valence-corrected chi connectivity index (χ3v) is 2.13. The SMILES string of the molecule is COc1ccc(C#CCO)c(Br)c1. The van der Waals surface area contributed by atoms with E-state index in [1.807, 2.05) is 18.2 Å². The molecule has 0 aliphatic carbocycles. The minimum absolute atomic E-state index is 0.127. The molecule has 0 aliphatic heterocycles. The van der Waals surface area contributed by atoms with E-state index in [0.29, 0.717) is 0 Å². The fraction of sp³-hybridized carbons (Fsp3) is 0.200. The molecule has 0 saturated heterocycles. The van der Waals surface area contributed by atoms with Crippen LogP contribution >= 0.6 is 15.9 Å². The van der Waals surface area contributed by atoms with E-state index >= 15 is 0 Å². The summed E-state index contributed by atoms with van der Waals surface area (Å²) in [6.45, 7) is -0.127. The monoisotopic (exact) mass is 240 g/mol. The van der Waals surface area contributed by atoms with Crippen LogP contribution in [0, 0.1) is 11.8 Å². The fourth-order valence-corrected chi connectivity index (χ4v) is 1.32. The van der Waals surface area contributed by atoms with Crippen molar-refractivity contribution in [1.29, 1.82) is 0 Å². The smallest absolute Gasteiger partial charge is 0.120 e. The largest absolute Gasteiger partial charge is 0.497 e. The standard InChI is InChI=1S/C10H9BrO2/c1-13-9-5-4-8(3-2-6-12)10(11)7-9/h4-5,7,12H,6H2,1H3. The Hall–Kier alpha value is -0.980. The lowest BCUT2D eigenvalue weighted by Crippen LogP contribution is -1.84. The first-order valence-corrected chi connectivity index (χ1v) is 4.50. The van der Waals surface area contributed by atoms with Crippen molar-refractivity contribution in [2.75, 3.05) is 13.7 Å². The number of halogens is 1. The lowest BCUT2D eigenvalue weighted by atomic mass is 10.2. The van der Waals surface area contributed by atoms with E-state index in [1.165, 1.54) is 0 Å². The highest BCUT2D eigenvalue weighted by Gasteiger charge is 1.97. The molecule has 0 saturated carbocycles. The van der Waals surface area contributed by atoms with Gasteiger partial charge in [-0.2, -0.15) is 0 Å². The van der Waals surface area contributed by atoms with E-state index in [2.05, 4.69) is 27.8 Å². The highest BCUT2D eigenvalue weighted by Crippen LogP contribution is 2.21. The number of hydrogen-bond acceptors (Lipinski definition) is 2. The minimum Gasteiger partial charge on any atom is -0.497 e. The molecule has 2 nitrogen and oxygen atoms in total. The summed E-state index contributed by atoms with van der Waals surface area (Å²) in [5.74, 6) is 6.17. The second-order valence-electron chi connectivity index (χ2n) is 2.31. The van der Waals surface area contributed by atoms with Gasteiger partial charge in [0.25, 0.3) is 0 Å². The fourth-order valence-electron chi connectivity index (χ4n) is 0.859. The summed E-state index contributed by atoms with van der Waals surface area (Å²) in [5, 5.41) is 8.51. The van der Waals surface area contributed by atoms with Gasteiger partial charge in [0.1, 0.15) is 12.4 Å². The molecule has 1 aromatic carbocycles. The summed E-state index contributed by atoms with van der Waals surface area (Å²) in [7, 11) is 1.61. The van der Waals surface area contributed by atoms with E-state index in [0.717, 1.165) is 15.8 Å². The number of aliphatic hydroxyl groups excluding tert-OH is 1. The van der Waals surface area contributed by atoms with Gasteiger partial charge in [-0.3, -0.25) is 0 Å². The molecule has 0 bridgehead atoms. The number of hydrogen-bond donors (Lipinski definition) is 1. The molecule has 1 aromatic rings. The van der Waals surface area contributed by atoms with E-state index in [4.69, 9.17) is 9.84 Å². The van der Waals surface area contributed by atoms with Crippen LogP contribution in [0.1, 0.15) is 5.56 Å². The van der Waals surface area contributed by atoms with Gasteiger partial charge in [0.2, 0.25) is 0 Å². The van der Waals surface area contributed by atoms with Crippen LogP contribution < -0.4 is 4.74 Å². The molecule has 0 radical (unpaired) electrons. The van der Waals surface area contributed by atoms with Crippen LogP contribution in [0.25, 0.3) is 0 Å². The van der Waals surface area contributed by atoms with Gasteiger partial charge in [0.05, 0.1) is 7.11 Å². The molecule has 0 unspecified atom stereocenters. The van der Waals surface area contributed by atoms with Crippen molar-refractivity contribution in [1.82, 2.24) is 0 Å². The normalized spacial score (nSPS) is 8.85. The molecule has 0 heterocycles. The number of methoxy groups -OCH3 is 1. The Morgan fingerprint density at radius 2 is 2.31 bits per heavy atom. The maximum Gasteiger partial charge on any atom is 0.120 e. The maximum atomic E-state index is 8.51. The molecular formula is C10H9BrO2. The Balaban J connectivity index is 2.98. The molecule has 0 amide bonds. The van der Waals surface area contributed by atoms with Gasteiger partial charge in [-0.15, -0.1) is 0 Å². The zero-order chi connectivity index (χ0) is 9.68. The molecule has 0 aliphatic rings. The average molecular weight is 241 g/mol. The topological polar surface area (TPSA) is 29.5 Å². The predicted molar refractivity (Wildman–Crippen MR) is 54.7 cm³/mol. The van der Waals surface area contributed by atoms with Crippen LogP contribution in [0.15, 0.2) is 22.7 Å². The van der Waals surface area contributed by atoms with Gasteiger partial charge >= 0.3 is 0 Å². The molecule has 1 rings (SSSR count). The molecular weight excluding hydrogens is 232 g/mol. The van der Waals surface area contributed by atoms with Crippen LogP contribution in [-0.2, 0) is 0 Å². The Bertz CT molecular complexity index is 350. The van der Waals surface area contributed by atoms with Crippen LogP contribution in [0.4, 0.5) is 0 Å². The van der Waals surface area contributed by atoms with Crippen molar-refractivity contribution in [3.05, 3.63) is 28.2 Å². The zero-order valence-electron chi connectivity index (χ0n) is 7.17. The summed E-state index contributed by atoms with van der Waals surface area (Å²) in [6, 6.07) is 5.50. The summed E-state index contributed by atoms with van der Waals surface area (Å²) >= 11 is 3.35. The Kier molecular flexibility index (Phi) is 3.81. The van der Waals surface area contributed by atoms with Crippen LogP contribution in [0.2, 0.25) is 0 Å². The molecule has 68 valence electrons. The van der Waals surface area contributed by atoms with Crippen molar-refractivity contribution in [2.24, 2.45) is 0 Å².